The summed E-state index contributed by atoms with van der Waals surface area (Å²) in [7, 11) is 2.86. The molecule has 6 aliphatic carbocycles. The highest BCUT2D eigenvalue weighted by atomic mass is 14.6. The molecule has 0 unspecified atom stereocenters. The molecule has 6 aliphatic rings. The van der Waals surface area contributed by atoms with Crippen LogP contribution in [-0.2, 0) is 0 Å². The first-order valence-electron chi connectivity index (χ1n) is 9.58. The lowest BCUT2D eigenvalue weighted by Crippen LogP contribution is -2.57. The summed E-state index contributed by atoms with van der Waals surface area (Å²) in [5.41, 5.74) is 1.29. The van der Waals surface area contributed by atoms with E-state index >= 15 is 0 Å². The molecule has 6 rings (SSSR count). The van der Waals surface area contributed by atoms with Gasteiger partial charge in [-0.3, -0.25) is 0 Å². The van der Waals surface area contributed by atoms with Crippen molar-refractivity contribution in [2.75, 3.05) is 0 Å². The van der Waals surface area contributed by atoms with Crippen molar-refractivity contribution < 1.29 is 0 Å². The molecule has 0 spiro atoms. The summed E-state index contributed by atoms with van der Waals surface area (Å²) in [6.07, 6.45) is 6.03. The molecule has 6 fully saturated rings. The third-order valence-electron chi connectivity index (χ3n) is 9.32. The zero-order chi connectivity index (χ0) is 15.2. The van der Waals surface area contributed by atoms with E-state index in [1.807, 2.05) is 0 Å². The standard InChI is InChI=1S/C20H34B/c1-11-15-7-13(19(15,3)4)9-17(11)21-18-10-14-8-16(12(18)2)20(14,5)6/h11-18H,7-10H2,1-6H3/t11-,12+,13+,14-,15-,16+,17-,18+. The summed E-state index contributed by atoms with van der Waals surface area (Å²) < 4.78 is 0. The van der Waals surface area contributed by atoms with E-state index in [1.54, 1.807) is 0 Å². The molecule has 0 aromatic heterocycles. The first-order chi connectivity index (χ1) is 9.73. The zero-order valence-electron chi connectivity index (χ0n) is 15.0. The van der Waals surface area contributed by atoms with Crippen LogP contribution in [0, 0.1) is 46.3 Å². The second-order valence-electron chi connectivity index (χ2n) is 10.4. The smallest absolute Gasteiger partial charge is 0.0655 e. The van der Waals surface area contributed by atoms with Gasteiger partial charge >= 0.3 is 0 Å². The molecule has 0 nitrogen and oxygen atoms in total. The van der Waals surface area contributed by atoms with Gasteiger partial charge in [0.25, 0.3) is 0 Å². The number of fused-ring (bicyclic) bond motifs is 4. The maximum Gasteiger partial charge on any atom is 0.118 e. The van der Waals surface area contributed by atoms with Crippen molar-refractivity contribution in [3.8, 4) is 0 Å². The summed E-state index contributed by atoms with van der Waals surface area (Å²) in [6, 6.07) is 0. The normalized spacial score (nSPS) is 56.1. The molecule has 21 heavy (non-hydrogen) atoms. The Bertz CT molecular complexity index is 397. The average molecular weight is 285 g/mol. The van der Waals surface area contributed by atoms with Crippen LogP contribution in [0.3, 0.4) is 0 Å². The lowest BCUT2D eigenvalue weighted by atomic mass is 9.31. The monoisotopic (exact) mass is 285 g/mol. The van der Waals surface area contributed by atoms with Gasteiger partial charge in [-0.15, -0.1) is 0 Å². The quantitative estimate of drug-likeness (QED) is 0.573. The molecule has 0 saturated heterocycles. The SMILES string of the molecule is C[C@@H]1[C@@H]([B][C@@H]2C[C@@H]3C[C@H]([C@H]2C)C3(C)C)C[C@H]2C[C@@H]1C2(C)C. The fraction of sp³-hybridized carbons (Fsp3) is 1.00. The van der Waals surface area contributed by atoms with Crippen LogP contribution in [-0.4, -0.2) is 7.28 Å². The van der Waals surface area contributed by atoms with Crippen LogP contribution < -0.4 is 0 Å². The van der Waals surface area contributed by atoms with E-state index in [0.29, 0.717) is 10.8 Å². The molecule has 0 aromatic rings. The Labute approximate surface area is 133 Å². The second kappa shape index (κ2) is 4.32. The van der Waals surface area contributed by atoms with Crippen LogP contribution >= 0.6 is 0 Å². The predicted octanol–water partition coefficient (Wildman–Crippen LogP) is 5.67. The minimum absolute atomic E-state index is 0.645. The summed E-state index contributed by atoms with van der Waals surface area (Å²) in [4.78, 5) is 0. The average Bonchev–Trinajstić information content (AvgIpc) is 2.41. The topological polar surface area (TPSA) is 0 Å². The molecule has 0 aliphatic heterocycles. The number of hydrogen-bond donors (Lipinski definition) is 0. The van der Waals surface area contributed by atoms with E-state index in [1.165, 1.54) is 25.7 Å². The summed E-state index contributed by atoms with van der Waals surface area (Å²) in [6.45, 7) is 15.2. The predicted molar refractivity (Wildman–Crippen MR) is 91.6 cm³/mol. The fourth-order valence-corrected chi connectivity index (χ4v) is 7.21. The third kappa shape index (κ3) is 1.81. The Hall–Kier alpha value is 0.0649. The van der Waals surface area contributed by atoms with Crippen molar-refractivity contribution in [1.29, 1.82) is 0 Å². The van der Waals surface area contributed by atoms with Gasteiger partial charge < -0.3 is 0 Å². The van der Waals surface area contributed by atoms with E-state index in [0.717, 1.165) is 47.1 Å². The molecular weight excluding hydrogens is 251 g/mol. The molecule has 8 atom stereocenters. The summed E-state index contributed by atoms with van der Waals surface area (Å²) in [5, 5.41) is 0. The maximum atomic E-state index is 2.86. The van der Waals surface area contributed by atoms with Crippen LogP contribution in [0.2, 0.25) is 11.6 Å². The van der Waals surface area contributed by atoms with Crippen molar-refractivity contribution in [1.82, 2.24) is 0 Å². The van der Waals surface area contributed by atoms with Gasteiger partial charge in [0.1, 0.15) is 7.28 Å². The van der Waals surface area contributed by atoms with E-state index in [4.69, 9.17) is 0 Å². The molecule has 0 heterocycles. The van der Waals surface area contributed by atoms with Crippen molar-refractivity contribution in [2.45, 2.75) is 78.9 Å². The Morgan fingerprint density at radius 2 is 1.05 bits per heavy atom. The first kappa shape index (κ1) is 14.6. The Kier molecular flexibility index (Phi) is 3.02. The van der Waals surface area contributed by atoms with Gasteiger partial charge in [0.15, 0.2) is 0 Å². The summed E-state index contributed by atoms with van der Waals surface area (Å²) in [5.74, 6) is 7.76. The largest absolute Gasteiger partial charge is 0.118 e. The maximum absolute atomic E-state index is 2.86. The molecule has 0 aromatic carbocycles. The van der Waals surface area contributed by atoms with Crippen LogP contribution in [0.25, 0.3) is 0 Å². The van der Waals surface area contributed by atoms with Crippen LogP contribution in [0.15, 0.2) is 0 Å². The van der Waals surface area contributed by atoms with Gasteiger partial charge in [-0.05, 0) is 59.2 Å². The zero-order valence-corrected chi connectivity index (χ0v) is 15.0. The lowest BCUT2D eigenvalue weighted by Gasteiger charge is -2.65. The number of hydrogen-bond acceptors (Lipinski definition) is 0. The molecule has 117 valence electrons. The molecule has 0 N–H and O–H groups in total. The van der Waals surface area contributed by atoms with Crippen molar-refractivity contribution >= 4 is 7.28 Å². The van der Waals surface area contributed by atoms with Crippen molar-refractivity contribution in [2.24, 2.45) is 46.3 Å². The Morgan fingerprint density at radius 1 is 0.667 bits per heavy atom. The van der Waals surface area contributed by atoms with Gasteiger partial charge in [0.2, 0.25) is 0 Å². The van der Waals surface area contributed by atoms with Crippen LogP contribution in [0.1, 0.15) is 67.2 Å². The van der Waals surface area contributed by atoms with E-state index < -0.39 is 0 Å². The van der Waals surface area contributed by atoms with Gasteiger partial charge in [-0.25, -0.2) is 0 Å². The van der Waals surface area contributed by atoms with Gasteiger partial charge in [0.05, 0.1) is 0 Å². The van der Waals surface area contributed by atoms with Crippen molar-refractivity contribution in [3.63, 3.8) is 0 Å². The lowest BCUT2D eigenvalue weighted by molar-refractivity contribution is -0.106. The van der Waals surface area contributed by atoms with E-state index in [2.05, 4.69) is 48.8 Å². The van der Waals surface area contributed by atoms with Crippen molar-refractivity contribution in [3.05, 3.63) is 0 Å². The third-order valence-corrected chi connectivity index (χ3v) is 9.32. The van der Waals surface area contributed by atoms with Crippen LogP contribution in [0.4, 0.5) is 0 Å². The molecule has 0 amide bonds. The molecule has 1 heteroatoms. The number of rotatable bonds is 2. The van der Waals surface area contributed by atoms with Gasteiger partial charge in [-0.1, -0.05) is 66.0 Å². The fourth-order valence-electron chi connectivity index (χ4n) is 7.21. The highest BCUT2D eigenvalue weighted by molar-refractivity contribution is 6.40. The Morgan fingerprint density at radius 3 is 1.33 bits per heavy atom. The minimum atomic E-state index is 0.645. The molecule has 1 radical (unpaired) electrons. The second-order valence-corrected chi connectivity index (χ2v) is 10.4. The van der Waals surface area contributed by atoms with E-state index in [9.17, 15) is 0 Å². The Balaban J connectivity index is 1.42. The van der Waals surface area contributed by atoms with E-state index in [-0.39, 0.29) is 0 Å². The molecule has 6 saturated carbocycles. The minimum Gasteiger partial charge on any atom is -0.0655 e. The highest BCUT2D eigenvalue weighted by Crippen LogP contribution is 2.68. The molecular formula is C20H34B. The molecule has 4 bridgehead atoms. The van der Waals surface area contributed by atoms with Gasteiger partial charge in [-0.2, -0.15) is 0 Å². The highest BCUT2D eigenvalue weighted by Gasteiger charge is 2.59. The van der Waals surface area contributed by atoms with Gasteiger partial charge in [0, 0.05) is 0 Å². The first-order valence-corrected chi connectivity index (χ1v) is 9.58. The van der Waals surface area contributed by atoms with Crippen LogP contribution in [0.5, 0.6) is 0 Å². The summed E-state index contributed by atoms with van der Waals surface area (Å²) >= 11 is 0.